The second kappa shape index (κ2) is 7.22. The van der Waals surface area contributed by atoms with E-state index in [0.29, 0.717) is 5.56 Å². The molecule has 0 aliphatic heterocycles. The van der Waals surface area contributed by atoms with E-state index in [0.717, 1.165) is 0 Å². The van der Waals surface area contributed by atoms with Gasteiger partial charge in [0.05, 0.1) is 18.0 Å². The lowest BCUT2D eigenvalue weighted by Crippen LogP contribution is -2.40. The summed E-state index contributed by atoms with van der Waals surface area (Å²) in [4.78, 5) is 33.2. The molecular weight excluding hydrogens is 264 g/mol. The van der Waals surface area contributed by atoms with Gasteiger partial charge in [-0.25, -0.2) is 4.79 Å². The van der Waals surface area contributed by atoms with E-state index in [1.54, 1.807) is 13.0 Å². The third kappa shape index (κ3) is 4.68. The van der Waals surface area contributed by atoms with Crippen LogP contribution in [0.15, 0.2) is 24.3 Å². The monoisotopic (exact) mass is 280 g/mol. The topological polar surface area (TPSA) is 98.5 Å². The molecule has 1 rings (SSSR count). The van der Waals surface area contributed by atoms with Crippen LogP contribution >= 0.6 is 0 Å². The largest absolute Gasteiger partial charge is 0.464 e. The zero-order valence-corrected chi connectivity index (χ0v) is 11.3. The number of carbonyl (C=O) groups excluding carboxylic acids is 2. The number of nitrogens with one attached hydrogen (secondary N) is 1. The third-order valence-corrected chi connectivity index (χ3v) is 2.50. The van der Waals surface area contributed by atoms with Crippen LogP contribution in [0.4, 0.5) is 5.69 Å². The van der Waals surface area contributed by atoms with Crippen LogP contribution in [0.3, 0.4) is 0 Å². The number of amides is 1. The van der Waals surface area contributed by atoms with Crippen LogP contribution in [0.2, 0.25) is 0 Å². The maximum absolute atomic E-state index is 11.7. The molecule has 0 spiro atoms. The summed E-state index contributed by atoms with van der Waals surface area (Å²) in [5.74, 6) is -0.911. The van der Waals surface area contributed by atoms with Gasteiger partial charge in [0.1, 0.15) is 6.04 Å². The molecule has 0 aliphatic carbocycles. The number of nitro groups is 1. The number of non-ortho nitro benzene ring substituents is 1. The van der Waals surface area contributed by atoms with Crippen LogP contribution in [0.1, 0.15) is 19.4 Å². The number of carbonyl (C=O) groups is 2. The Morgan fingerprint density at radius 1 is 1.45 bits per heavy atom. The molecule has 1 amide bonds. The predicted molar refractivity (Wildman–Crippen MR) is 71.0 cm³/mol. The van der Waals surface area contributed by atoms with Gasteiger partial charge in [0.2, 0.25) is 5.91 Å². The number of nitrogens with zero attached hydrogens (tertiary/aromatic N) is 1. The van der Waals surface area contributed by atoms with E-state index < -0.39 is 22.8 Å². The van der Waals surface area contributed by atoms with Crippen molar-refractivity contribution in [2.24, 2.45) is 0 Å². The summed E-state index contributed by atoms with van der Waals surface area (Å²) < 4.78 is 4.76. The Morgan fingerprint density at radius 3 is 2.75 bits per heavy atom. The maximum atomic E-state index is 11.7. The lowest BCUT2D eigenvalue weighted by molar-refractivity contribution is -0.384. The quantitative estimate of drug-likeness (QED) is 0.479. The van der Waals surface area contributed by atoms with Gasteiger partial charge in [-0.2, -0.15) is 0 Å². The van der Waals surface area contributed by atoms with E-state index >= 15 is 0 Å². The highest BCUT2D eigenvalue weighted by molar-refractivity contribution is 5.85. The average molecular weight is 280 g/mol. The third-order valence-electron chi connectivity index (χ3n) is 2.50. The first kappa shape index (κ1) is 15.6. The highest BCUT2D eigenvalue weighted by Crippen LogP contribution is 2.13. The zero-order chi connectivity index (χ0) is 15.1. The summed E-state index contributed by atoms with van der Waals surface area (Å²) in [7, 11) is 0. The standard InChI is InChI=1S/C13H16N2O5/c1-3-20-13(17)9(2)14-12(16)8-10-5-4-6-11(7-10)15(18)19/h4-7,9H,3,8H2,1-2H3,(H,14,16). The van der Waals surface area contributed by atoms with Gasteiger partial charge in [-0.15, -0.1) is 0 Å². The van der Waals surface area contributed by atoms with Gasteiger partial charge in [-0.05, 0) is 19.4 Å². The van der Waals surface area contributed by atoms with Crippen LogP contribution in [-0.2, 0) is 20.7 Å². The van der Waals surface area contributed by atoms with Crippen molar-refractivity contribution in [3.05, 3.63) is 39.9 Å². The summed E-state index contributed by atoms with van der Waals surface area (Å²) in [6.07, 6.45) is -0.0363. The van der Waals surface area contributed by atoms with Crippen molar-refractivity contribution in [2.45, 2.75) is 26.3 Å². The minimum atomic E-state index is -0.749. The van der Waals surface area contributed by atoms with Gasteiger partial charge in [-0.3, -0.25) is 14.9 Å². The number of hydrogen-bond acceptors (Lipinski definition) is 5. The summed E-state index contributed by atoms with van der Waals surface area (Å²) in [6, 6.07) is 5.05. The molecule has 0 heterocycles. The van der Waals surface area contributed by atoms with E-state index in [1.807, 2.05) is 0 Å². The second-order valence-electron chi connectivity index (χ2n) is 4.15. The normalized spacial score (nSPS) is 11.5. The molecule has 0 aliphatic rings. The molecule has 1 aromatic carbocycles. The van der Waals surface area contributed by atoms with Gasteiger partial charge in [0.25, 0.3) is 5.69 Å². The van der Waals surface area contributed by atoms with Gasteiger partial charge in [0.15, 0.2) is 0 Å². The summed E-state index contributed by atoms with van der Waals surface area (Å²) in [5, 5.41) is 13.1. The number of benzene rings is 1. The Morgan fingerprint density at radius 2 is 2.15 bits per heavy atom. The summed E-state index contributed by atoms with van der Waals surface area (Å²) in [5.41, 5.74) is 0.432. The average Bonchev–Trinajstić information content (AvgIpc) is 2.39. The van der Waals surface area contributed by atoms with Crippen molar-refractivity contribution in [1.82, 2.24) is 5.32 Å². The smallest absolute Gasteiger partial charge is 0.328 e. The summed E-state index contributed by atoms with van der Waals surface area (Å²) in [6.45, 7) is 3.43. The number of hydrogen-bond donors (Lipinski definition) is 1. The molecule has 0 saturated heterocycles. The van der Waals surface area contributed by atoms with Crippen molar-refractivity contribution in [1.29, 1.82) is 0 Å². The van der Waals surface area contributed by atoms with Gasteiger partial charge in [-0.1, -0.05) is 12.1 Å². The Kier molecular flexibility index (Phi) is 5.64. The number of rotatable bonds is 6. The van der Waals surface area contributed by atoms with E-state index in [9.17, 15) is 19.7 Å². The van der Waals surface area contributed by atoms with E-state index in [1.165, 1.54) is 25.1 Å². The molecule has 7 heteroatoms. The fourth-order valence-corrected chi connectivity index (χ4v) is 1.58. The first-order chi connectivity index (χ1) is 9.43. The van der Waals surface area contributed by atoms with Crippen LogP contribution in [0.25, 0.3) is 0 Å². The zero-order valence-electron chi connectivity index (χ0n) is 11.3. The van der Waals surface area contributed by atoms with Gasteiger partial charge < -0.3 is 10.1 Å². The van der Waals surface area contributed by atoms with Crippen LogP contribution in [0, 0.1) is 10.1 Å². The number of esters is 1. The molecule has 1 N–H and O–H groups in total. The highest BCUT2D eigenvalue weighted by Gasteiger charge is 2.17. The fraction of sp³-hybridized carbons (Fsp3) is 0.385. The van der Waals surface area contributed by atoms with Crippen molar-refractivity contribution in [3.8, 4) is 0 Å². The van der Waals surface area contributed by atoms with Crippen molar-refractivity contribution < 1.29 is 19.2 Å². The minimum absolute atomic E-state index is 0.0363. The Hall–Kier alpha value is -2.44. The van der Waals surface area contributed by atoms with Crippen molar-refractivity contribution in [3.63, 3.8) is 0 Å². The molecule has 0 aromatic heterocycles. The van der Waals surface area contributed by atoms with E-state index in [-0.39, 0.29) is 18.7 Å². The van der Waals surface area contributed by atoms with Crippen LogP contribution in [-0.4, -0.2) is 29.4 Å². The molecular formula is C13H16N2O5. The Bertz CT molecular complexity index is 515. The van der Waals surface area contributed by atoms with E-state index in [4.69, 9.17) is 4.74 Å². The molecule has 1 unspecified atom stereocenters. The highest BCUT2D eigenvalue weighted by atomic mass is 16.6. The van der Waals surface area contributed by atoms with Gasteiger partial charge >= 0.3 is 5.97 Å². The molecule has 0 saturated carbocycles. The first-order valence-electron chi connectivity index (χ1n) is 6.13. The minimum Gasteiger partial charge on any atom is -0.464 e. The van der Waals surface area contributed by atoms with Crippen molar-refractivity contribution >= 4 is 17.6 Å². The molecule has 1 aromatic rings. The maximum Gasteiger partial charge on any atom is 0.328 e. The lowest BCUT2D eigenvalue weighted by atomic mass is 10.1. The Balaban J connectivity index is 2.60. The van der Waals surface area contributed by atoms with Crippen LogP contribution in [0.5, 0.6) is 0 Å². The number of ether oxygens (including phenoxy) is 1. The van der Waals surface area contributed by atoms with E-state index in [2.05, 4.69) is 5.32 Å². The second-order valence-corrected chi connectivity index (χ2v) is 4.15. The molecule has 0 radical (unpaired) electrons. The van der Waals surface area contributed by atoms with Gasteiger partial charge in [0, 0.05) is 12.1 Å². The Labute approximate surface area is 116 Å². The molecule has 1 atom stereocenters. The molecule has 0 bridgehead atoms. The predicted octanol–water partition coefficient (Wildman–Crippen LogP) is 1.21. The fourth-order valence-electron chi connectivity index (χ4n) is 1.58. The van der Waals surface area contributed by atoms with Crippen molar-refractivity contribution in [2.75, 3.05) is 6.61 Å². The molecule has 7 nitrogen and oxygen atoms in total. The first-order valence-corrected chi connectivity index (χ1v) is 6.13. The molecule has 108 valence electrons. The molecule has 0 fully saturated rings. The SMILES string of the molecule is CCOC(=O)C(C)NC(=O)Cc1cccc([N+](=O)[O-])c1. The lowest BCUT2D eigenvalue weighted by Gasteiger charge is -2.12. The summed E-state index contributed by atoms with van der Waals surface area (Å²) >= 11 is 0. The molecule has 20 heavy (non-hydrogen) atoms. The van der Waals surface area contributed by atoms with Crippen LogP contribution < -0.4 is 5.32 Å². The number of nitro benzene ring substituents is 1.